The number of hydrogen-bond acceptors (Lipinski definition) is 3. The Morgan fingerprint density at radius 3 is 2.74 bits per heavy atom. The summed E-state index contributed by atoms with van der Waals surface area (Å²) in [5.74, 6) is 0.831. The Hall–Kier alpha value is -2.57. The number of para-hydroxylation sites is 2. The second-order valence-electron chi connectivity index (χ2n) is 7.48. The first-order valence-electron chi connectivity index (χ1n) is 9.82. The molecular formula is C20H29N5O2. The summed E-state index contributed by atoms with van der Waals surface area (Å²) in [7, 11) is 0. The van der Waals surface area contributed by atoms with Crippen molar-refractivity contribution in [3.05, 3.63) is 24.3 Å². The van der Waals surface area contributed by atoms with Crippen molar-refractivity contribution >= 4 is 28.9 Å². The molecule has 0 radical (unpaired) electrons. The van der Waals surface area contributed by atoms with Gasteiger partial charge in [-0.15, -0.1) is 0 Å². The highest BCUT2D eigenvalue weighted by molar-refractivity contribution is 5.96. The van der Waals surface area contributed by atoms with E-state index in [1.54, 1.807) is 4.90 Å². The van der Waals surface area contributed by atoms with Crippen LogP contribution in [0.3, 0.4) is 0 Å². The molecule has 2 aromatic rings. The Morgan fingerprint density at radius 1 is 1.22 bits per heavy atom. The van der Waals surface area contributed by atoms with E-state index in [1.165, 1.54) is 0 Å². The third-order valence-electron chi connectivity index (χ3n) is 4.82. The number of carbonyl (C=O) groups is 2. The molecule has 7 nitrogen and oxygen atoms in total. The average Bonchev–Trinajstić information content (AvgIpc) is 3.19. The molecule has 1 unspecified atom stereocenters. The Balaban J connectivity index is 1.72. The van der Waals surface area contributed by atoms with Crippen LogP contribution >= 0.6 is 0 Å². The van der Waals surface area contributed by atoms with Gasteiger partial charge in [-0.25, -0.2) is 9.78 Å². The van der Waals surface area contributed by atoms with Crippen LogP contribution in [0.4, 0.5) is 10.7 Å². The van der Waals surface area contributed by atoms with Crippen LogP contribution in [-0.4, -0.2) is 40.6 Å². The summed E-state index contributed by atoms with van der Waals surface area (Å²) in [6.07, 6.45) is 2.56. The van der Waals surface area contributed by atoms with E-state index in [1.807, 2.05) is 42.7 Å². The summed E-state index contributed by atoms with van der Waals surface area (Å²) in [6.45, 7) is 8.09. The lowest BCUT2D eigenvalue weighted by Gasteiger charge is -2.23. The lowest BCUT2D eigenvalue weighted by Crippen LogP contribution is -2.51. The first-order valence-corrected chi connectivity index (χ1v) is 9.82. The molecule has 1 aromatic heterocycles. The second-order valence-corrected chi connectivity index (χ2v) is 7.48. The number of anilines is 1. The first-order chi connectivity index (χ1) is 13.0. The van der Waals surface area contributed by atoms with E-state index < -0.39 is 6.04 Å². The molecule has 1 aliphatic heterocycles. The minimum Gasteiger partial charge on any atom is -0.354 e. The van der Waals surface area contributed by atoms with E-state index in [4.69, 9.17) is 0 Å². The Morgan fingerprint density at radius 2 is 2.00 bits per heavy atom. The number of hydrogen-bond donors (Lipinski definition) is 2. The summed E-state index contributed by atoms with van der Waals surface area (Å²) in [5.41, 5.74) is 1.90. The molecular weight excluding hydrogens is 342 g/mol. The van der Waals surface area contributed by atoms with Gasteiger partial charge in [0.2, 0.25) is 11.9 Å². The van der Waals surface area contributed by atoms with Crippen molar-refractivity contribution in [3.63, 3.8) is 0 Å². The van der Waals surface area contributed by atoms with Crippen LogP contribution in [0.25, 0.3) is 11.0 Å². The topological polar surface area (TPSA) is 79.3 Å². The largest absolute Gasteiger partial charge is 0.354 e. The van der Waals surface area contributed by atoms with Gasteiger partial charge < -0.3 is 15.2 Å². The Bertz CT molecular complexity index is 814. The zero-order valence-corrected chi connectivity index (χ0v) is 16.4. The fraction of sp³-hybridized carbons (Fsp3) is 0.550. The molecule has 0 saturated heterocycles. The quantitative estimate of drug-likeness (QED) is 0.735. The zero-order valence-electron chi connectivity index (χ0n) is 16.4. The molecule has 7 heteroatoms. The van der Waals surface area contributed by atoms with Gasteiger partial charge in [0, 0.05) is 19.6 Å². The molecule has 1 aliphatic rings. The van der Waals surface area contributed by atoms with Gasteiger partial charge >= 0.3 is 6.03 Å². The molecule has 1 atom stereocenters. The number of carbonyl (C=O) groups excluding carboxylic acids is 2. The lowest BCUT2D eigenvalue weighted by molar-refractivity contribution is -0.123. The van der Waals surface area contributed by atoms with Crippen molar-refractivity contribution in [2.75, 3.05) is 18.0 Å². The SMILES string of the molecule is CCCCNC(=O)C(CC(C)C)NC(=O)N1CCn2c1nc1ccccc12. The highest BCUT2D eigenvalue weighted by Crippen LogP contribution is 2.27. The second kappa shape index (κ2) is 8.41. The van der Waals surface area contributed by atoms with Gasteiger partial charge in [-0.2, -0.15) is 0 Å². The van der Waals surface area contributed by atoms with Crippen molar-refractivity contribution in [2.45, 2.75) is 52.6 Å². The van der Waals surface area contributed by atoms with Crippen LogP contribution in [0.2, 0.25) is 0 Å². The third kappa shape index (κ3) is 4.23. The molecule has 3 rings (SSSR count). The Kier molecular flexibility index (Phi) is 5.98. The molecule has 3 amide bonds. The van der Waals surface area contributed by atoms with E-state index >= 15 is 0 Å². The smallest absolute Gasteiger partial charge is 0.324 e. The first kappa shape index (κ1) is 19.2. The van der Waals surface area contributed by atoms with E-state index in [-0.39, 0.29) is 11.9 Å². The average molecular weight is 371 g/mol. The molecule has 2 heterocycles. The number of urea groups is 1. The zero-order chi connectivity index (χ0) is 19.4. The fourth-order valence-corrected chi connectivity index (χ4v) is 3.42. The van der Waals surface area contributed by atoms with Crippen molar-refractivity contribution in [1.82, 2.24) is 20.2 Å². The number of rotatable bonds is 7. The predicted molar refractivity (Wildman–Crippen MR) is 107 cm³/mol. The van der Waals surface area contributed by atoms with Gasteiger partial charge in [-0.05, 0) is 30.9 Å². The molecule has 0 aliphatic carbocycles. The molecule has 2 N–H and O–H groups in total. The maximum atomic E-state index is 12.9. The summed E-state index contributed by atoms with van der Waals surface area (Å²) < 4.78 is 2.05. The van der Waals surface area contributed by atoms with Gasteiger partial charge in [0.25, 0.3) is 0 Å². The predicted octanol–water partition coefficient (Wildman–Crippen LogP) is 2.90. The lowest BCUT2D eigenvalue weighted by atomic mass is 10.0. The number of nitrogens with one attached hydrogen (secondary N) is 2. The maximum absolute atomic E-state index is 12.9. The minimum atomic E-state index is -0.534. The normalized spacial score (nSPS) is 14.4. The van der Waals surface area contributed by atoms with Crippen LogP contribution in [0.15, 0.2) is 24.3 Å². The highest BCUT2D eigenvalue weighted by Gasteiger charge is 2.31. The number of benzene rings is 1. The van der Waals surface area contributed by atoms with Gasteiger partial charge in [-0.3, -0.25) is 9.69 Å². The standard InChI is InChI=1S/C20H29N5O2/c1-4-5-10-21-18(26)16(13-14(2)3)23-20(27)25-12-11-24-17-9-7-6-8-15(17)22-19(24)25/h6-9,14,16H,4-5,10-13H2,1-3H3,(H,21,26)(H,23,27). The van der Waals surface area contributed by atoms with E-state index in [2.05, 4.69) is 22.5 Å². The molecule has 0 fully saturated rings. The van der Waals surface area contributed by atoms with E-state index in [0.29, 0.717) is 37.9 Å². The highest BCUT2D eigenvalue weighted by atomic mass is 16.2. The molecule has 146 valence electrons. The van der Waals surface area contributed by atoms with Crippen LogP contribution in [0.1, 0.15) is 40.0 Å². The van der Waals surface area contributed by atoms with Crippen LogP contribution in [0, 0.1) is 5.92 Å². The summed E-state index contributed by atoms with van der Waals surface area (Å²) in [4.78, 5) is 31.6. The number of aromatic nitrogens is 2. The van der Waals surface area contributed by atoms with Crippen molar-refractivity contribution in [1.29, 1.82) is 0 Å². The maximum Gasteiger partial charge on any atom is 0.324 e. The summed E-state index contributed by atoms with van der Waals surface area (Å²) >= 11 is 0. The van der Waals surface area contributed by atoms with Crippen molar-refractivity contribution in [3.8, 4) is 0 Å². The number of unbranched alkanes of at least 4 members (excludes halogenated alkanes) is 1. The molecule has 1 aromatic carbocycles. The fourth-order valence-electron chi connectivity index (χ4n) is 3.42. The third-order valence-corrected chi connectivity index (χ3v) is 4.82. The summed E-state index contributed by atoms with van der Waals surface area (Å²) in [6, 6.07) is 7.07. The number of amides is 3. The number of imidazole rings is 1. The van der Waals surface area contributed by atoms with Gasteiger partial charge in [0.15, 0.2) is 0 Å². The molecule has 0 bridgehead atoms. The molecule has 27 heavy (non-hydrogen) atoms. The minimum absolute atomic E-state index is 0.113. The van der Waals surface area contributed by atoms with E-state index in [9.17, 15) is 9.59 Å². The monoisotopic (exact) mass is 371 g/mol. The van der Waals surface area contributed by atoms with Crippen molar-refractivity contribution < 1.29 is 9.59 Å². The van der Waals surface area contributed by atoms with Gasteiger partial charge in [0.1, 0.15) is 6.04 Å². The van der Waals surface area contributed by atoms with Crippen LogP contribution < -0.4 is 15.5 Å². The number of nitrogens with zero attached hydrogens (tertiary/aromatic N) is 3. The van der Waals surface area contributed by atoms with Gasteiger partial charge in [-0.1, -0.05) is 39.3 Å². The van der Waals surface area contributed by atoms with Crippen LogP contribution in [-0.2, 0) is 11.3 Å². The summed E-state index contributed by atoms with van der Waals surface area (Å²) in [5, 5.41) is 5.86. The molecule has 0 saturated carbocycles. The van der Waals surface area contributed by atoms with Crippen LogP contribution in [0.5, 0.6) is 0 Å². The van der Waals surface area contributed by atoms with Crippen molar-refractivity contribution in [2.24, 2.45) is 5.92 Å². The van der Waals surface area contributed by atoms with E-state index in [0.717, 1.165) is 23.9 Å². The Labute approximate surface area is 160 Å². The van der Waals surface area contributed by atoms with Gasteiger partial charge in [0.05, 0.1) is 11.0 Å². The molecule has 0 spiro atoms. The number of fused-ring (bicyclic) bond motifs is 3.